The van der Waals surface area contributed by atoms with E-state index in [9.17, 15) is 68.9 Å². The lowest BCUT2D eigenvalue weighted by molar-refractivity contribution is -0.121. The second-order valence-electron chi connectivity index (χ2n) is 23.0. The molecule has 9 rings (SSSR count). The van der Waals surface area contributed by atoms with Crippen molar-refractivity contribution < 1.29 is 102 Å². The van der Waals surface area contributed by atoms with Crippen LogP contribution >= 0.6 is 23.3 Å². The van der Waals surface area contributed by atoms with E-state index in [4.69, 9.17) is 34.3 Å². The number of likely N-dealkylation sites (N-methyl/N-ethyl adjacent to an activating group) is 2. The molecule has 92 heavy (non-hydrogen) atoms. The molecule has 1 saturated heterocycles. The Morgan fingerprint density at radius 3 is 2.20 bits per heavy atom. The normalized spacial score (nSPS) is 20.5. The minimum Gasteiger partial charge on any atom is -0.456 e. The number of anilines is 2. The molecule has 3 aromatic carbocycles. The minimum absolute atomic E-state index is 0.0296. The van der Waals surface area contributed by atoms with Gasteiger partial charge in [-0.3, -0.25) is 27.8 Å². The van der Waals surface area contributed by atoms with Gasteiger partial charge in [0.25, 0.3) is 26.1 Å². The molecule has 4 aliphatic heterocycles. The van der Waals surface area contributed by atoms with Crippen LogP contribution in [-0.4, -0.2) is 180 Å². The summed E-state index contributed by atoms with van der Waals surface area (Å²) in [5, 5.41) is 17.5. The molecule has 6 heterocycles. The van der Waals surface area contributed by atoms with Crippen LogP contribution in [0.5, 0.6) is 11.5 Å². The summed E-state index contributed by atoms with van der Waals surface area (Å²) in [5.74, 6) is -1.76. The first-order chi connectivity index (χ1) is 42.8. The highest BCUT2D eigenvalue weighted by Gasteiger charge is 2.50. The van der Waals surface area contributed by atoms with Crippen LogP contribution in [-0.2, 0) is 57.0 Å². The molecule has 498 valence electrons. The first-order valence-corrected chi connectivity index (χ1v) is 36.2. The Labute approximate surface area is 526 Å². The second-order valence-corrected chi connectivity index (χ2v) is 30.6. The summed E-state index contributed by atoms with van der Waals surface area (Å²) in [6.07, 6.45) is -2.20. The highest BCUT2D eigenvalue weighted by atomic mass is 32.2. The minimum atomic E-state index is -5.69. The molecule has 38 heteroatoms. The molecule has 12 N–H and O–H groups in total. The van der Waals surface area contributed by atoms with Crippen LogP contribution in [0.4, 0.5) is 16.3 Å². The molecular weight excluding hydrogens is 1310 g/mol. The molecule has 3 amide bonds. The van der Waals surface area contributed by atoms with Gasteiger partial charge in [-0.2, -0.15) is 21.1 Å². The van der Waals surface area contributed by atoms with Gasteiger partial charge < -0.3 is 65.1 Å². The number of carbonyl (C=O) groups excluding carboxylic acids is 3. The van der Waals surface area contributed by atoms with E-state index in [2.05, 4.69) is 39.4 Å². The second kappa shape index (κ2) is 26.1. The number of rotatable bonds is 24. The quantitative estimate of drug-likeness (QED) is 0.0179. The van der Waals surface area contributed by atoms with E-state index < -0.39 is 115 Å². The fourth-order valence-corrected chi connectivity index (χ4v) is 16.6. The van der Waals surface area contributed by atoms with Crippen LogP contribution in [0, 0.1) is 0 Å². The first kappa shape index (κ1) is 69.5. The summed E-state index contributed by atoms with van der Waals surface area (Å²) in [5.41, 5.74) is 8.21. The lowest BCUT2D eigenvalue weighted by atomic mass is 9.83. The number of alkyl carbamates (subject to hydrolysis) is 1. The van der Waals surface area contributed by atoms with Gasteiger partial charge in [-0.25, -0.2) is 38.0 Å². The third-order valence-electron chi connectivity index (χ3n) is 15.5. The van der Waals surface area contributed by atoms with Gasteiger partial charge in [-0.1, -0.05) is 24.3 Å². The fraction of sp³-hybridized carbons (Fsp3) is 0.426. The zero-order valence-corrected chi connectivity index (χ0v) is 54.7. The number of aliphatic hydroxyl groups excluding tert-OH is 1. The Kier molecular flexibility index (Phi) is 19.7. The van der Waals surface area contributed by atoms with Gasteiger partial charge in [0.05, 0.1) is 30.1 Å². The van der Waals surface area contributed by atoms with Crippen molar-refractivity contribution in [3.8, 4) is 11.5 Å². The number of hydrogen-bond acceptors (Lipinski definition) is 21. The lowest BCUT2D eigenvalue weighted by Crippen LogP contribution is -2.50. The number of benzene rings is 3. The number of aromatic nitrogens is 4. The number of phosphoric acid groups is 1. The number of ether oxygens (including phenoxy) is 3. The predicted octanol–water partition coefficient (Wildman–Crippen LogP) is 2.16. The monoisotopic (exact) mass is 1380 g/mol. The van der Waals surface area contributed by atoms with E-state index >= 15 is 0 Å². The van der Waals surface area contributed by atoms with E-state index in [-0.39, 0.29) is 55.0 Å². The molecule has 0 aliphatic carbocycles. The molecule has 0 spiro atoms. The topological polar surface area (TPSA) is 474 Å². The zero-order valence-electron chi connectivity index (χ0n) is 50.4. The number of imidazole rings is 1. The van der Waals surface area contributed by atoms with Crippen LogP contribution < -0.4 is 46.0 Å². The summed E-state index contributed by atoms with van der Waals surface area (Å²) >= 11 is 0. The molecule has 6 atom stereocenters. The van der Waals surface area contributed by atoms with Crippen LogP contribution in [0.1, 0.15) is 93.2 Å². The Bertz CT molecular complexity index is 4410. The summed E-state index contributed by atoms with van der Waals surface area (Å²) < 4.78 is 137. The van der Waals surface area contributed by atoms with Gasteiger partial charge in [0, 0.05) is 92.7 Å². The van der Waals surface area contributed by atoms with Crippen molar-refractivity contribution in [1.82, 2.24) is 44.5 Å². The number of nitrogens with zero attached hydrogens (tertiary/aromatic N) is 7. The Balaban J connectivity index is 0.915. The van der Waals surface area contributed by atoms with Crippen molar-refractivity contribution in [2.45, 2.75) is 90.0 Å². The molecule has 2 unspecified atom stereocenters. The number of amides is 3. The smallest absolute Gasteiger partial charge is 0.456 e. The third-order valence-corrected chi connectivity index (χ3v) is 21.0. The van der Waals surface area contributed by atoms with Gasteiger partial charge in [0.2, 0.25) is 11.3 Å². The molecule has 1 fully saturated rings. The maximum atomic E-state index is 14.8. The lowest BCUT2D eigenvalue weighted by Gasteiger charge is -2.43. The van der Waals surface area contributed by atoms with E-state index in [0.717, 1.165) is 17.5 Å². The Morgan fingerprint density at radius 2 is 1.53 bits per heavy atom. The van der Waals surface area contributed by atoms with E-state index in [1.807, 2.05) is 41.5 Å². The zero-order chi connectivity index (χ0) is 67.4. The van der Waals surface area contributed by atoms with E-state index in [1.54, 1.807) is 67.7 Å². The maximum Gasteiger partial charge on any atom is 0.480 e. The molecule has 5 aromatic rings. The Hall–Kier alpha value is -6.88. The predicted molar refractivity (Wildman–Crippen MR) is 331 cm³/mol. The van der Waals surface area contributed by atoms with Crippen molar-refractivity contribution >= 4 is 101 Å². The van der Waals surface area contributed by atoms with Crippen molar-refractivity contribution in [3.05, 3.63) is 112 Å². The number of nitrogens with two attached hydrogens (primary N) is 1. The highest BCUT2D eigenvalue weighted by Crippen LogP contribution is 2.61. The molecule has 4 aliphatic rings. The van der Waals surface area contributed by atoms with Crippen molar-refractivity contribution in [2.75, 3.05) is 68.5 Å². The number of nitrogens with one attached hydrogen (secondary N) is 3. The number of fused-ring (bicyclic) bond motifs is 5. The number of phosphoric ester groups is 1. The average molecular weight is 1380 g/mol. The molecule has 0 bridgehead atoms. The van der Waals surface area contributed by atoms with Gasteiger partial charge in [0.1, 0.15) is 53.6 Å². The molecule has 33 nitrogen and oxygen atoms in total. The number of carbonyl (C=O) groups is 3. The van der Waals surface area contributed by atoms with Crippen LogP contribution in [0.3, 0.4) is 0 Å². The standard InChI is InChI=1S/C54H68N11O22P3S2/c1-8-64-38-21-40-36(19-34(38)30(23-53(64,3)4)26-91(77,78)79)44(37-20-35-31(27-92(80,81)82)24-54(5,6)65(9-2)39(35)22-41(37)84-40)32-13-10-11-14-33(32)50(68)62(7)18-12-15-43(66)56-16-17-57-52(69)86-47-42(25-83-90(75,76)87-89(73,74)61-88(70,71)72)85-51(46(47)67)63-29-60-45-48(55)58-28-59-49(45)63/h10-11,13-14,19-24,28-29,42,46-47,51,67H,8-9,12,15-18,25-27H2,1-7H3,(H10-,55,56,57,58,59,61,66,69,70,71,72,73,74,75,76,77,78,79,80,81,82)/p+1/t42-,46-,47-,51-/m1/s1. The van der Waals surface area contributed by atoms with Gasteiger partial charge in [-0.05, 0) is 75.1 Å². The largest absolute Gasteiger partial charge is 0.480 e. The van der Waals surface area contributed by atoms with E-state index in [1.165, 1.54) is 9.47 Å². The maximum absolute atomic E-state index is 14.8. The number of nitrogen functional groups attached to an aromatic ring is 1. The van der Waals surface area contributed by atoms with Crippen molar-refractivity contribution in [1.29, 1.82) is 0 Å². The van der Waals surface area contributed by atoms with Crippen molar-refractivity contribution in [3.63, 3.8) is 0 Å². The summed E-state index contributed by atoms with van der Waals surface area (Å²) in [6.45, 7) is 11.0. The summed E-state index contributed by atoms with van der Waals surface area (Å²) in [7, 11) is -24.4. The highest BCUT2D eigenvalue weighted by molar-refractivity contribution is 7.86. The molecule has 0 radical (unpaired) electrons. The Morgan fingerprint density at radius 1 is 0.859 bits per heavy atom. The molecule has 2 aromatic heterocycles. The molecular formula is C54H69N11O22P3S2+. The van der Waals surface area contributed by atoms with Crippen LogP contribution in [0.2, 0.25) is 0 Å². The van der Waals surface area contributed by atoms with E-state index in [0.29, 0.717) is 79.8 Å². The van der Waals surface area contributed by atoms with Crippen molar-refractivity contribution in [2.24, 2.45) is 0 Å². The van der Waals surface area contributed by atoms with Gasteiger partial charge in [-0.15, -0.1) is 4.86 Å². The summed E-state index contributed by atoms with van der Waals surface area (Å²) in [4.78, 5) is 95.5. The van der Waals surface area contributed by atoms with Crippen LogP contribution in [0.25, 0.3) is 27.9 Å². The van der Waals surface area contributed by atoms with Gasteiger partial charge in [0.15, 0.2) is 29.3 Å². The molecule has 0 saturated carbocycles. The number of aliphatic hydroxyl groups is 1. The first-order valence-electron chi connectivity index (χ1n) is 28.3. The van der Waals surface area contributed by atoms with Crippen LogP contribution in [0.15, 0.2) is 73.3 Å². The average Bonchev–Trinajstić information content (AvgIpc) is 1.01. The fourth-order valence-electron chi connectivity index (χ4n) is 11.9. The SMILES string of the molecule is CCN1c2cc3c(cc2C(CS(=O)(=O)O)=CC1(C)C)C(c1ccccc1C(=O)N(C)CCCC(=O)NCCNC(=O)O[C@H]1[C@@H](O)[C@H](n2cnc4c(N)ncnc42)O[C@@H]1COP(=O)(O)OP(=O)(O)NP(=O)(O)O)=c1cc2c(cc1O3)=[N+](CC)C(C)(C)C=C2CS(=O)(=O)O. The third kappa shape index (κ3) is 15.5. The van der Waals surface area contributed by atoms with Gasteiger partial charge >= 0.3 is 29.4 Å². The number of hydrogen-bond donors (Lipinski definition) is 11. The summed E-state index contributed by atoms with van der Waals surface area (Å²) in [6, 6.07) is 13.8.